The van der Waals surface area contributed by atoms with Gasteiger partial charge in [0.05, 0.1) is 4.90 Å². The Balaban J connectivity index is 1.49. The van der Waals surface area contributed by atoms with Gasteiger partial charge in [-0.05, 0) is 30.5 Å². The number of rotatable bonds is 5. The molecule has 2 aromatic rings. The number of fused-ring (bicyclic) bond motifs is 1. The summed E-state index contributed by atoms with van der Waals surface area (Å²) >= 11 is 0. The Labute approximate surface area is 170 Å². The molecule has 1 amide bonds. The molecule has 7 nitrogen and oxygen atoms in total. The van der Waals surface area contributed by atoms with Crippen molar-refractivity contribution in [1.29, 1.82) is 0 Å². The topological polar surface area (TPSA) is 76.2 Å². The fourth-order valence-electron chi connectivity index (χ4n) is 3.58. The Kier molecular flexibility index (Phi) is 5.47. The van der Waals surface area contributed by atoms with Crippen LogP contribution in [0.3, 0.4) is 0 Å². The molecule has 0 bridgehead atoms. The van der Waals surface area contributed by atoms with Gasteiger partial charge < -0.3 is 14.4 Å². The first-order valence-electron chi connectivity index (χ1n) is 9.68. The molecule has 1 atom stereocenters. The van der Waals surface area contributed by atoms with Gasteiger partial charge in [0.15, 0.2) is 11.5 Å². The van der Waals surface area contributed by atoms with Crippen molar-refractivity contribution in [1.82, 2.24) is 9.21 Å². The SMILES string of the molecule is CN(Cc1ccccc1)S(=O)(=O)c1ccc2c(c1)OC[C@@H](C(=O)N1CCCC1)O2. The summed E-state index contributed by atoms with van der Waals surface area (Å²) in [7, 11) is -2.15. The molecular formula is C21H24N2O5S. The number of sulfonamides is 1. The van der Waals surface area contributed by atoms with Crippen molar-refractivity contribution in [2.24, 2.45) is 0 Å². The van der Waals surface area contributed by atoms with E-state index in [4.69, 9.17) is 9.47 Å². The van der Waals surface area contributed by atoms with Crippen molar-refractivity contribution in [3.05, 3.63) is 54.1 Å². The maximum absolute atomic E-state index is 12.9. The number of hydrogen-bond donors (Lipinski definition) is 0. The molecule has 0 unspecified atom stereocenters. The van der Waals surface area contributed by atoms with Gasteiger partial charge in [-0.15, -0.1) is 0 Å². The molecule has 0 spiro atoms. The fourth-order valence-corrected chi connectivity index (χ4v) is 4.75. The number of benzene rings is 2. The molecule has 4 rings (SSSR count). The summed E-state index contributed by atoms with van der Waals surface area (Å²) in [6.07, 6.45) is 1.32. The van der Waals surface area contributed by atoms with E-state index in [1.807, 2.05) is 30.3 Å². The van der Waals surface area contributed by atoms with Crippen LogP contribution in [0.2, 0.25) is 0 Å². The Morgan fingerprint density at radius 3 is 2.55 bits per heavy atom. The molecule has 2 aliphatic rings. The first-order valence-corrected chi connectivity index (χ1v) is 11.1. The summed E-state index contributed by atoms with van der Waals surface area (Å²) in [5.41, 5.74) is 0.902. The summed E-state index contributed by atoms with van der Waals surface area (Å²) in [6.45, 7) is 1.84. The second-order valence-electron chi connectivity index (χ2n) is 7.31. The third kappa shape index (κ3) is 4.09. The summed E-state index contributed by atoms with van der Waals surface area (Å²) in [6, 6.07) is 13.9. The lowest BCUT2D eigenvalue weighted by molar-refractivity contribution is -0.140. The van der Waals surface area contributed by atoms with Gasteiger partial charge >= 0.3 is 0 Å². The highest BCUT2D eigenvalue weighted by molar-refractivity contribution is 7.89. The second-order valence-corrected chi connectivity index (χ2v) is 9.35. The largest absolute Gasteiger partial charge is 0.485 e. The van der Waals surface area contributed by atoms with E-state index < -0.39 is 16.1 Å². The summed E-state index contributed by atoms with van der Waals surface area (Å²) < 4.78 is 38.7. The highest BCUT2D eigenvalue weighted by atomic mass is 32.2. The number of likely N-dealkylation sites (tertiary alicyclic amines) is 1. The fraction of sp³-hybridized carbons (Fsp3) is 0.381. The summed E-state index contributed by atoms with van der Waals surface area (Å²) in [5.74, 6) is 0.649. The van der Waals surface area contributed by atoms with E-state index in [1.165, 1.54) is 16.4 Å². The third-order valence-electron chi connectivity index (χ3n) is 5.22. The first kappa shape index (κ1) is 19.7. The lowest BCUT2D eigenvalue weighted by Crippen LogP contribution is -2.45. The number of hydrogen-bond acceptors (Lipinski definition) is 5. The van der Waals surface area contributed by atoms with Gasteiger partial charge in [0.25, 0.3) is 5.91 Å². The minimum absolute atomic E-state index is 0.0751. The smallest absolute Gasteiger partial charge is 0.267 e. The van der Waals surface area contributed by atoms with Crippen molar-refractivity contribution in [3.63, 3.8) is 0 Å². The minimum atomic E-state index is -3.69. The molecule has 2 heterocycles. The van der Waals surface area contributed by atoms with Crippen molar-refractivity contribution < 1.29 is 22.7 Å². The Hall–Kier alpha value is -2.58. The van der Waals surface area contributed by atoms with Crippen LogP contribution in [-0.4, -0.2) is 56.4 Å². The number of amides is 1. The Morgan fingerprint density at radius 2 is 1.83 bits per heavy atom. The van der Waals surface area contributed by atoms with Gasteiger partial charge in [-0.25, -0.2) is 8.42 Å². The van der Waals surface area contributed by atoms with Crippen LogP contribution in [0.4, 0.5) is 0 Å². The van der Waals surface area contributed by atoms with Crippen molar-refractivity contribution in [3.8, 4) is 11.5 Å². The molecule has 2 aromatic carbocycles. The summed E-state index contributed by atoms with van der Waals surface area (Å²) in [4.78, 5) is 14.4. The predicted octanol–water partition coefficient (Wildman–Crippen LogP) is 2.27. The predicted molar refractivity (Wildman–Crippen MR) is 107 cm³/mol. The molecule has 0 N–H and O–H groups in total. The molecule has 0 aliphatic carbocycles. The van der Waals surface area contributed by atoms with E-state index in [0.717, 1.165) is 31.5 Å². The van der Waals surface area contributed by atoms with E-state index in [1.54, 1.807) is 18.0 Å². The van der Waals surface area contributed by atoms with Crippen LogP contribution in [0.25, 0.3) is 0 Å². The van der Waals surface area contributed by atoms with Crippen LogP contribution in [-0.2, 0) is 21.4 Å². The zero-order valence-electron chi connectivity index (χ0n) is 16.3. The highest BCUT2D eigenvalue weighted by Gasteiger charge is 2.33. The van der Waals surface area contributed by atoms with Crippen LogP contribution < -0.4 is 9.47 Å². The summed E-state index contributed by atoms with van der Waals surface area (Å²) in [5, 5.41) is 0. The van der Waals surface area contributed by atoms with E-state index in [9.17, 15) is 13.2 Å². The van der Waals surface area contributed by atoms with Crippen LogP contribution in [0.15, 0.2) is 53.4 Å². The highest BCUT2D eigenvalue weighted by Crippen LogP contribution is 2.35. The molecule has 1 fully saturated rings. The van der Waals surface area contributed by atoms with Crippen LogP contribution in [0.1, 0.15) is 18.4 Å². The van der Waals surface area contributed by atoms with Crippen molar-refractivity contribution in [2.45, 2.75) is 30.4 Å². The van der Waals surface area contributed by atoms with Crippen LogP contribution in [0.5, 0.6) is 11.5 Å². The Bertz CT molecular complexity index is 987. The van der Waals surface area contributed by atoms with Gasteiger partial charge in [-0.2, -0.15) is 4.31 Å². The molecule has 1 saturated heterocycles. The number of carbonyl (C=O) groups is 1. The van der Waals surface area contributed by atoms with Crippen LogP contribution in [0, 0.1) is 0 Å². The average Bonchev–Trinajstić information content (AvgIpc) is 3.28. The van der Waals surface area contributed by atoms with Crippen molar-refractivity contribution in [2.75, 3.05) is 26.7 Å². The maximum atomic E-state index is 12.9. The normalized spacial score (nSPS) is 18.8. The van der Waals surface area contributed by atoms with Gasteiger partial charge in [0.2, 0.25) is 16.1 Å². The number of nitrogens with zero attached hydrogens (tertiary/aromatic N) is 2. The zero-order valence-corrected chi connectivity index (χ0v) is 17.1. The average molecular weight is 416 g/mol. The monoisotopic (exact) mass is 416 g/mol. The lowest BCUT2D eigenvalue weighted by Gasteiger charge is -2.29. The zero-order chi connectivity index (χ0) is 20.4. The lowest BCUT2D eigenvalue weighted by atomic mass is 10.2. The number of ether oxygens (including phenoxy) is 2. The van der Waals surface area contributed by atoms with Crippen LogP contribution >= 0.6 is 0 Å². The quantitative estimate of drug-likeness (QED) is 0.747. The van der Waals surface area contributed by atoms with E-state index in [2.05, 4.69) is 0 Å². The van der Waals surface area contributed by atoms with Gasteiger partial charge in [-0.1, -0.05) is 30.3 Å². The third-order valence-corrected chi connectivity index (χ3v) is 7.02. The molecule has 0 saturated carbocycles. The molecule has 0 aromatic heterocycles. The standard InChI is InChI=1S/C21H24N2O5S/c1-22(14-16-7-3-2-4-8-16)29(25,26)17-9-10-18-19(13-17)27-15-20(28-18)21(24)23-11-5-6-12-23/h2-4,7-10,13,20H,5-6,11-12,14-15H2,1H3/t20-/m0/s1. The molecular weight excluding hydrogens is 392 g/mol. The second kappa shape index (κ2) is 8.04. The van der Waals surface area contributed by atoms with E-state index in [0.29, 0.717) is 11.5 Å². The molecule has 2 aliphatic heterocycles. The van der Waals surface area contributed by atoms with Gasteiger partial charge in [0.1, 0.15) is 6.61 Å². The van der Waals surface area contributed by atoms with E-state index >= 15 is 0 Å². The van der Waals surface area contributed by atoms with E-state index in [-0.39, 0.29) is 24.0 Å². The number of carbonyl (C=O) groups excluding carboxylic acids is 1. The minimum Gasteiger partial charge on any atom is -0.485 e. The molecule has 8 heteroatoms. The Morgan fingerprint density at radius 1 is 1.10 bits per heavy atom. The van der Waals surface area contributed by atoms with Gasteiger partial charge in [0, 0.05) is 32.7 Å². The van der Waals surface area contributed by atoms with Gasteiger partial charge in [-0.3, -0.25) is 4.79 Å². The maximum Gasteiger partial charge on any atom is 0.267 e. The molecule has 0 radical (unpaired) electrons. The van der Waals surface area contributed by atoms with Crippen molar-refractivity contribution >= 4 is 15.9 Å². The molecule has 154 valence electrons. The molecule has 29 heavy (non-hydrogen) atoms. The first-order chi connectivity index (χ1) is 13.9.